The van der Waals surface area contributed by atoms with E-state index in [0.29, 0.717) is 43.5 Å². The van der Waals surface area contributed by atoms with Crippen LogP contribution in [0.4, 0.5) is 30.7 Å². The van der Waals surface area contributed by atoms with Gasteiger partial charge in [0.15, 0.2) is 11.6 Å². The molecular formula is C25H26F7NO4S. The van der Waals surface area contributed by atoms with Gasteiger partial charge in [0, 0.05) is 6.54 Å². The number of halogens is 7. The average Bonchev–Trinajstić information content (AvgIpc) is 2.80. The summed E-state index contributed by atoms with van der Waals surface area (Å²) in [6.45, 7) is 1.29. The van der Waals surface area contributed by atoms with E-state index >= 15 is 0 Å². The Balaban J connectivity index is 1.29. The highest BCUT2D eigenvalue weighted by Gasteiger charge is 2.58. The van der Waals surface area contributed by atoms with Crippen molar-refractivity contribution in [1.29, 1.82) is 0 Å². The Morgan fingerprint density at radius 3 is 2.03 bits per heavy atom. The smallest absolute Gasteiger partial charge is 0.490 e. The summed E-state index contributed by atoms with van der Waals surface area (Å²) in [5, 5.41) is 0. The van der Waals surface area contributed by atoms with Crippen LogP contribution in [-0.2, 0) is 10.1 Å². The van der Waals surface area contributed by atoms with Gasteiger partial charge in [-0.1, -0.05) is 24.6 Å². The lowest BCUT2D eigenvalue weighted by atomic mass is 9.67. The van der Waals surface area contributed by atoms with Crippen LogP contribution in [0.25, 0.3) is 11.1 Å². The highest BCUT2D eigenvalue weighted by molar-refractivity contribution is 7.88. The van der Waals surface area contributed by atoms with Crippen molar-refractivity contribution in [3.8, 4) is 22.6 Å². The van der Waals surface area contributed by atoms with Crippen molar-refractivity contribution in [1.82, 2.24) is 4.90 Å². The topological polar surface area (TPSA) is 55.8 Å². The Morgan fingerprint density at radius 2 is 1.53 bits per heavy atom. The van der Waals surface area contributed by atoms with E-state index in [1.165, 1.54) is 24.3 Å². The normalized spacial score (nSPS) is 19.1. The van der Waals surface area contributed by atoms with Crippen molar-refractivity contribution in [2.75, 3.05) is 26.2 Å². The van der Waals surface area contributed by atoms with Crippen LogP contribution >= 0.6 is 0 Å². The number of nitrogens with zero attached hydrogens (tertiary/aromatic N) is 1. The van der Waals surface area contributed by atoms with Gasteiger partial charge in [-0.05, 0) is 80.1 Å². The molecule has 2 aliphatic rings. The zero-order chi connectivity index (χ0) is 27.8. The molecule has 0 aromatic heterocycles. The fourth-order valence-corrected chi connectivity index (χ4v) is 5.21. The van der Waals surface area contributed by atoms with Crippen LogP contribution in [0.5, 0.6) is 11.5 Å². The molecule has 0 radical (unpaired) electrons. The van der Waals surface area contributed by atoms with Gasteiger partial charge in [0.25, 0.3) is 0 Å². The van der Waals surface area contributed by atoms with E-state index < -0.39 is 38.8 Å². The Morgan fingerprint density at radius 1 is 0.921 bits per heavy atom. The van der Waals surface area contributed by atoms with Crippen molar-refractivity contribution in [2.24, 2.45) is 11.3 Å². The van der Waals surface area contributed by atoms with E-state index in [4.69, 9.17) is 4.74 Å². The number of alkyl halides is 6. The summed E-state index contributed by atoms with van der Waals surface area (Å²) in [6.07, 6.45) is -1.96. The summed E-state index contributed by atoms with van der Waals surface area (Å²) in [5.74, 6) is -1.14. The summed E-state index contributed by atoms with van der Waals surface area (Å²) in [7, 11) is -5.80. The standard InChI is InChI=1S/C25H26F7NO4S/c26-21-14-19(18-2-5-20(6-3-18)37-38(34,35)25(30,31)32)4-7-22(21)36-15-17-8-12-33(13-9-17)16-23(10-1-11-23)24(27,28)29/h2-7,14,17H,1,8-13,15-16H2. The number of piperidine rings is 1. The first-order valence-corrected chi connectivity index (χ1v) is 13.4. The average molecular weight is 570 g/mol. The molecule has 4 rings (SSSR count). The Hall–Kier alpha value is -2.54. The first kappa shape index (κ1) is 28.5. The van der Waals surface area contributed by atoms with Crippen molar-refractivity contribution in [3.63, 3.8) is 0 Å². The Labute approximate surface area is 215 Å². The van der Waals surface area contributed by atoms with Gasteiger partial charge >= 0.3 is 21.8 Å². The molecule has 0 unspecified atom stereocenters. The number of hydrogen-bond acceptors (Lipinski definition) is 5. The molecule has 1 aliphatic heterocycles. The molecule has 2 aromatic carbocycles. The van der Waals surface area contributed by atoms with Gasteiger partial charge in [0.2, 0.25) is 0 Å². The molecule has 2 aromatic rings. The minimum atomic E-state index is -5.80. The SMILES string of the molecule is O=S(=O)(Oc1ccc(-c2ccc(OCC3CCN(CC4(C(F)(F)F)CCC4)CC3)c(F)c2)cc1)C(F)(F)F. The van der Waals surface area contributed by atoms with E-state index in [-0.39, 0.29) is 37.7 Å². The third-order valence-corrected chi connectivity index (χ3v) is 8.21. The molecule has 13 heteroatoms. The highest BCUT2D eigenvalue weighted by atomic mass is 32.2. The van der Waals surface area contributed by atoms with Crippen LogP contribution < -0.4 is 8.92 Å². The predicted octanol–water partition coefficient (Wildman–Crippen LogP) is 6.54. The molecule has 2 fully saturated rings. The van der Waals surface area contributed by atoms with Crippen molar-refractivity contribution in [2.45, 2.75) is 43.8 Å². The van der Waals surface area contributed by atoms with E-state index in [2.05, 4.69) is 4.18 Å². The highest BCUT2D eigenvalue weighted by Crippen LogP contribution is 2.53. The van der Waals surface area contributed by atoms with E-state index in [9.17, 15) is 39.2 Å². The molecule has 5 nitrogen and oxygen atoms in total. The summed E-state index contributed by atoms with van der Waals surface area (Å²) in [6, 6.07) is 8.74. The molecule has 0 bridgehead atoms. The minimum Gasteiger partial charge on any atom is -0.490 e. The van der Waals surface area contributed by atoms with Crippen molar-refractivity contribution < 1.29 is 48.1 Å². The maximum atomic E-state index is 14.7. The first-order valence-electron chi connectivity index (χ1n) is 12.0. The fourth-order valence-electron chi connectivity index (χ4n) is 4.76. The first-order chi connectivity index (χ1) is 17.7. The quantitative estimate of drug-likeness (QED) is 0.205. The van der Waals surface area contributed by atoms with Gasteiger partial charge in [-0.3, -0.25) is 0 Å². The van der Waals surface area contributed by atoms with Gasteiger partial charge in [0.05, 0.1) is 12.0 Å². The predicted molar refractivity (Wildman–Crippen MR) is 124 cm³/mol. The van der Waals surface area contributed by atoms with Crippen molar-refractivity contribution in [3.05, 3.63) is 48.3 Å². The number of likely N-dealkylation sites (tertiary alicyclic amines) is 1. The second-order valence-electron chi connectivity index (χ2n) is 9.81. The lowest BCUT2D eigenvalue weighted by Crippen LogP contribution is -2.53. The van der Waals surface area contributed by atoms with Gasteiger partial charge in [0.1, 0.15) is 5.75 Å². The molecule has 0 atom stereocenters. The fraction of sp³-hybridized carbons (Fsp3) is 0.520. The van der Waals surface area contributed by atoms with Crippen LogP contribution in [-0.4, -0.2) is 51.2 Å². The molecule has 1 saturated heterocycles. The van der Waals surface area contributed by atoms with Gasteiger partial charge in [-0.25, -0.2) is 4.39 Å². The molecule has 0 amide bonds. The van der Waals surface area contributed by atoms with Gasteiger partial charge in [-0.2, -0.15) is 34.8 Å². The third-order valence-electron chi connectivity index (χ3n) is 7.23. The second kappa shape index (κ2) is 10.6. The maximum Gasteiger partial charge on any atom is 0.534 e. The third kappa shape index (κ3) is 6.19. The zero-order valence-corrected chi connectivity index (χ0v) is 20.9. The van der Waals surface area contributed by atoms with Gasteiger partial charge in [-0.15, -0.1) is 0 Å². The van der Waals surface area contributed by atoms with Gasteiger partial charge < -0.3 is 13.8 Å². The molecular weight excluding hydrogens is 543 g/mol. The molecule has 0 spiro atoms. The zero-order valence-electron chi connectivity index (χ0n) is 20.1. The second-order valence-corrected chi connectivity index (χ2v) is 11.4. The summed E-state index contributed by atoms with van der Waals surface area (Å²) in [5.41, 5.74) is -6.37. The number of benzene rings is 2. The lowest BCUT2D eigenvalue weighted by Gasteiger charge is -2.47. The summed E-state index contributed by atoms with van der Waals surface area (Å²) in [4.78, 5) is 1.85. The van der Waals surface area contributed by atoms with E-state index in [1.807, 2.05) is 4.90 Å². The Kier molecular flexibility index (Phi) is 7.91. The van der Waals surface area contributed by atoms with Crippen LogP contribution in [0.1, 0.15) is 32.1 Å². The van der Waals surface area contributed by atoms with Crippen LogP contribution in [0.2, 0.25) is 0 Å². The van der Waals surface area contributed by atoms with Crippen LogP contribution in [0.15, 0.2) is 42.5 Å². The number of rotatable bonds is 8. The van der Waals surface area contributed by atoms with Crippen LogP contribution in [0, 0.1) is 17.2 Å². The summed E-state index contributed by atoms with van der Waals surface area (Å²) >= 11 is 0. The molecule has 0 N–H and O–H groups in total. The molecule has 210 valence electrons. The molecule has 1 saturated carbocycles. The minimum absolute atomic E-state index is 0.00195. The molecule has 38 heavy (non-hydrogen) atoms. The molecule has 1 aliphatic carbocycles. The number of hydrogen-bond donors (Lipinski definition) is 0. The lowest BCUT2D eigenvalue weighted by molar-refractivity contribution is -0.256. The van der Waals surface area contributed by atoms with E-state index in [1.54, 1.807) is 6.07 Å². The summed E-state index contributed by atoms with van der Waals surface area (Å²) < 4.78 is 124. The Bertz CT molecular complexity index is 1220. The maximum absolute atomic E-state index is 14.7. The van der Waals surface area contributed by atoms with Crippen molar-refractivity contribution >= 4 is 10.1 Å². The monoisotopic (exact) mass is 569 g/mol. The largest absolute Gasteiger partial charge is 0.534 e. The number of ether oxygens (including phenoxy) is 1. The van der Waals surface area contributed by atoms with E-state index in [0.717, 1.165) is 12.1 Å². The molecule has 1 heterocycles. The van der Waals surface area contributed by atoms with Crippen LogP contribution in [0.3, 0.4) is 0 Å².